The average molecular weight is 235 g/mol. The van der Waals surface area contributed by atoms with Crippen molar-refractivity contribution in [2.45, 2.75) is 33.2 Å². The number of aryl methyl sites for hydroxylation is 1. The highest BCUT2D eigenvalue weighted by Crippen LogP contribution is 2.31. The van der Waals surface area contributed by atoms with Crippen LogP contribution in [0.3, 0.4) is 0 Å². The van der Waals surface area contributed by atoms with Crippen molar-refractivity contribution in [1.29, 1.82) is 0 Å². The van der Waals surface area contributed by atoms with E-state index in [4.69, 9.17) is 5.73 Å². The normalized spacial score (nSPS) is 12.9. The topological polar surface area (TPSA) is 43.8 Å². The second-order valence-electron chi connectivity index (χ2n) is 4.08. The molecule has 0 aliphatic carbocycles. The van der Waals surface area contributed by atoms with Crippen molar-refractivity contribution in [3.63, 3.8) is 0 Å². The van der Waals surface area contributed by atoms with Gasteiger partial charge >= 0.3 is 0 Å². The third kappa shape index (κ3) is 1.97. The summed E-state index contributed by atoms with van der Waals surface area (Å²) in [5, 5.41) is 4.57. The summed E-state index contributed by atoms with van der Waals surface area (Å²) in [6.45, 7) is 6.39. The fraction of sp³-hybridized carbons (Fsp3) is 0.417. The van der Waals surface area contributed by atoms with Gasteiger partial charge in [0.05, 0.1) is 10.6 Å². The van der Waals surface area contributed by atoms with Gasteiger partial charge in [0.15, 0.2) is 0 Å². The van der Waals surface area contributed by atoms with E-state index in [1.54, 1.807) is 11.3 Å². The quantitative estimate of drug-likeness (QED) is 0.885. The molecule has 2 rings (SSSR count). The molecule has 0 saturated heterocycles. The Bertz CT molecular complexity index is 484. The molecule has 16 heavy (non-hydrogen) atoms. The number of nitrogens with zero attached hydrogens (tertiary/aromatic N) is 2. The lowest BCUT2D eigenvalue weighted by Gasteiger charge is -2.07. The SMILES string of the molecule is CCC(C)n1cc(N)c(-c2ccc(C)s2)n1. The predicted octanol–water partition coefficient (Wildman–Crippen LogP) is 3.47. The van der Waals surface area contributed by atoms with E-state index in [0.29, 0.717) is 6.04 Å². The van der Waals surface area contributed by atoms with Crippen molar-refractivity contribution in [3.8, 4) is 10.6 Å². The maximum absolute atomic E-state index is 6.00. The molecule has 2 aromatic heterocycles. The van der Waals surface area contributed by atoms with Gasteiger partial charge in [0, 0.05) is 17.1 Å². The smallest absolute Gasteiger partial charge is 0.125 e. The summed E-state index contributed by atoms with van der Waals surface area (Å²) in [4.78, 5) is 2.43. The standard InChI is InChI=1S/C12H17N3S/c1-4-8(2)15-7-10(13)12(14-15)11-6-5-9(3)16-11/h5-8H,4,13H2,1-3H3. The summed E-state index contributed by atoms with van der Waals surface area (Å²) in [5.74, 6) is 0. The molecule has 0 amide bonds. The largest absolute Gasteiger partial charge is 0.396 e. The number of nitrogen functional groups attached to an aromatic ring is 1. The van der Waals surface area contributed by atoms with Crippen LogP contribution in [0.5, 0.6) is 0 Å². The van der Waals surface area contributed by atoms with E-state index in [1.807, 2.05) is 10.9 Å². The van der Waals surface area contributed by atoms with Gasteiger partial charge in [0.25, 0.3) is 0 Å². The summed E-state index contributed by atoms with van der Waals surface area (Å²) >= 11 is 1.73. The van der Waals surface area contributed by atoms with Crippen LogP contribution >= 0.6 is 11.3 Å². The Morgan fingerprint density at radius 2 is 2.25 bits per heavy atom. The molecule has 0 spiro atoms. The van der Waals surface area contributed by atoms with Crippen molar-refractivity contribution in [2.24, 2.45) is 0 Å². The molecule has 86 valence electrons. The summed E-state index contributed by atoms with van der Waals surface area (Å²) < 4.78 is 1.96. The van der Waals surface area contributed by atoms with E-state index >= 15 is 0 Å². The molecule has 2 aromatic rings. The van der Waals surface area contributed by atoms with Crippen molar-refractivity contribution in [2.75, 3.05) is 5.73 Å². The van der Waals surface area contributed by atoms with Gasteiger partial charge in [-0.2, -0.15) is 5.10 Å². The Hall–Kier alpha value is -1.29. The van der Waals surface area contributed by atoms with Crippen molar-refractivity contribution in [1.82, 2.24) is 9.78 Å². The summed E-state index contributed by atoms with van der Waals surface area (Å²) in [6.07, 6.45) is 2.99. The number of nitrogens with two attached hydrogens (primary N) is 1. The number of aromatic nitrogens is 2. The van der Waals surface area contributed by atoms with E-state index in [0.717, 1.165) is 22.7 Å². The van der Waals surface area contributed by atoms with Gasteiger partial charge in [0.1, 0.15) is 5.69 Å². The first-order valence-corrected chi connectivity index (χ1v) is 6.35. The molecule has 0 bridgehead atoms. The molecule has 0 radical (unpaired) electrons. The van der Waals surface area contributed by atoms with Gasteiger partial charge in [-0.3, -0.25) is 4.68 Å². The van der Waals surface area contributed by atoms with Crippen LogP contribution in [0.15, 0.2) is 18.3 Å². The van der Waals surface area contributed by atoms with Gasteiger partial charge < -0.3 is 5.73 Å². The molecule has 0 saturated carbocycles. The van der Waals surface area contributed by atoms with Crippen molar-refractivity contribution in [3.05, 3.63) is 23.2 Å². The van der Waals surface area contributed by atoms with Crippen LogP contribution in [0.25, 0.3) is 10.6 Å². The molecular formula is C12H17N3S. The molecule has 2 N–H and O–H groups in total. The van der Waals surface area contributed by atoms with E-state index in [2.05, 4.69) is 38.0 Å². The zero-order chi connectivity index (χ0) is 11.7. The third-order valence-corrected chi connectivity index (χ3v) is 3.78. The van der Waals surface area contributed by atoms with Gasteiger partial charge in [-0.05, 0) is 32.4 Å². The zero-order valence-corrected chi connectivity index (χ0v) is 10.7. The number of thiophene rings is 1. The van der Waals surface area contributed by atoms with Crippen LogP contribution in [0.1, 0.15) is 31.2 Å². The molecule has 0 aliphatic heterocycles. The van der Waals surface area contributed by atoms with Crippen molar-refractivity contribution >= 4 is 17.0 Å². The van der Waals surface area contributed by atoms with Crippen LogP contribution in [0.4, 0.5) is 5.69 Å². The van der Waals surface area contributed by atoms with E-state index in [-0.39, 0.29) is 0 Å². The minimum absolute atomic E-state index is 0.400. The molecule has 0 fully saturated rings. The molecule has 4 heteroatoms. The molecule has 1 atom stereocenters. The Morgan fingerprint density at radius 3 is 2.81 bits per heavy atom. The lowest BCUT2D eigenvalue weighted by Crippen LogP contribution is -2.03. The van der Waals surface area contributed by atoms with Gasteiger partial charge in [-0.15, -0.1) is 11.3 Å². The molecule has 3 nitrogen and oxygen atoms in total. The average Bonchev–Trinajstić information content (AvgIpc) is 2.83. The molecule has 0 aliphatic rings. The fourth-order valence-electron chi connectivity index (χ4n) is 1.57. The van der Waals surface area contributed by atoms with Crippen LogP contribution < -0.4 is 5.73 Å². The highest BCUT2D eigenvalue weighted by molar-refractivity contribution is 7.15. The highest BCUT2D eigenvalue weighted by Gasteiger charge is 2.12. The predicted molar refractivity (Wildman–Crippen MR) is 69.7 cm³/mol. The monoisotopic (exact) mass is 235 g/mol. The van der Waals surface area contributed by atoms with E-state index < -0.39 is 0 Å². The molecule has 1 unspecified atom stereocenters. The first kappa shape index (κ1) is 11.2. The van der Waals surface area contributed by atoms with Crippen LogP contribution in [-0.4, -0.2) is 9.78 Å². The first-order valence-electron chi connectivity index (χ1n) is 5.53. The third-order valence-electron chi connectivity index (χ3n) is 2.78. The molecule has 2 heterocycles. The van der Waals surface area contributed by atoms with Crippen LogP contribution in [0, 0.1) is 6.92 Å². The van der Waals surface area contributed by atoms with Gasteiger partial charge in [-0.25, -0.2) is 0 Å². The second kappa shape index (κ2) is 4.29. The van der Waals surface area contributed by atoms with E-state index in [1.165, 1.54) is 4.88 Å². The van der Waals surface area contributed by atoms with Gasteiger partial charge in [0.2, 0.25) is 0 Å². The fourth-order valence-corrected chi connectivity index (χ4v) is 2.45. The Morgan fingerprint density at radius 1 is 1.50 bits per heavy atom. The number of hydrogen-bond acceptors (Lipinski definition) is 3. The zero-order valence-electron chi connectivity index (χ0n) is 9.90. The number of rotatable bonds is 3. The Balaban J connectivity index is 2.39. The van der Waals surface area contributed by atoms with Crippen LogP contribution in [0.2, 0.25) is 0 Å². The van der Waals surface area contributed by atoms with E-state index in [9.17, 15) is 0 Å². The maximum atomic E-state index is 6.00. The minimum Gasteiger partial charge on any atom is -0.396 e. The van der Waals surface area contributed by atoms with Gasteiger partial charge in [-0.1, -0.05) is 6.92 Å². The minimum atomic E-state index is 0.400. The Labute approximate surface area is 99.9 Å². The van der Waals surface area contributed by atoms with Crippen LogP contribution in [-0.2, 0) is 0 Å². The molecular weight excluding hydrogens is 218 g/mol. The maximum Gasteiger partial charge on any atom is 0.125 e. The lowest BCUT2D eigenvalue weighted by atomic mass is 10.3. The summed E-state index contributed by atoms with van der Waals surface area (Å²) in [6, 6.07) is 4.58. The molecule has 0 aromatic carbocycles. The number of anilines is 1. The number of hydrogen-bond donors (Lipinski definition) is 1. The first-order chi connectivity index (χ1) is 7.61. The highest BCUT2D eigenvalue weighted by atomic mass is 32.1. The summed E-state index contributed by atoms with van der Waals surface area (Å²) in [7, 11) is 0. The summed E-state index contributed by atoms with van der Waals surface area (Å²) in [5.41, 5.74) is 7.68. The Kier molecular flexibility index (Phi) is 3.01. The van der Waals surface area contributed by atoms with Crippen molar-refractivity contribution < 1.29 is 0 Å². The lowest BCUT2D eigenvalue weighted by molar-refractivity contribution is 0.479. The second-order valence-corrected chi connectivity index (χ2v) is 5.37.